The first kappa shape index (κ1) is 12.6. The summed E-state index contributed by atoms with van der Waals surface area (Å²) in [5.74, 6) is 1.42. The maximum atomic E-state index is 5.95. The van der Waals surface area contributed by atoms with Crippen molar-refractivity contribution in [2.75, 3.05) is 12.4 Å². The number of methoxy groups -OCH3 is 1. The topological polar surface area (TPSA) is 47.0 Å². The molecule has 18 heavy (non-hydrogen) atoms. The van der Waals surface area contributed by atoms with Crippen molar-refractivity contribution in [1.29, 1.82) is 0 Å². The molecule has 0 aliphatic heterocycles. The molecule has 0 amide bonds. The van der Waals surface area contributed by atoms with E-state index in [1.165, 1.54) is 0 Å². The Morgan fingerprint density at radius 2 is 1.83 bits per heavy atom. The lowest BCUT2D eigenvalue weighted by molar-refractivity contribution is 0.414. The van der Waals surface area contributed by atoms with Crippen LogP contribution in [-0.4, -0.2) is 17.1 Å². The van der Waals surface area contributed by atoms with Crippen LogP contribution in [0.3, 0.4) is 0 Å². The fourth-order valence-electron chi connectivity index (χ4n) is 1.60. The van der Waals surface area contributed by atoms with Crippen LogP contribution in [0.25, 0.3) is 0 Å². The summed E-state index contributed by atoms with van der Waals surface area (Å²) in [5.41, 5.74) is 1.12. The molecule has 5 heteroatoms. The van der Waals surface area contributed by atoms with Gasteiger partial charge in [-0.1, -0.05) is 23.7 Å². The Bertz CT molecular complexity index is 516. The fourth-order valence-corrected chi connectivity index (χ4v) is 1.76. The van der Waals surface area contributed by atoms with Crippen molar-refractivity contribution in [3.63, 3.8) is 0 Å². The smallest absolute Gasteiger partial charge is 0.171 e. The average Bonchev–Trinajstić information content (AvgIpc) is 2.41. The van der Waals surface area contributed by atoms with Gasteiger partial charge < -0.3 is 10.1 Å². The number of rotatable bonds is 4. The molecule has 1 unspecified atom stereocenters. The molecule has 2 aromatic rings. The molecule has 0 aliphatic rings. The van der Waals surface area contributed by atoms with Crippen molar-refractivity contribution < 1.29 is 4.74 Å². The van der Waals surface area contributed by atoms with Crippen molar-refractivity contribution in [2.24, 2.45) is 0 Å². The lowest BCUT2D eigenvalue weighted by atomic mass is 10.1. The van der Waals surface area contributed by atoms with Crippen LogP contribution in [0, 0.1) is 0 Å². The molecule has 0 bridgehead atoms. The number of ether oxygens (including phenoxy) is 1. The third kappa shape index (κ3) is 2.90. The zero-order valence-electron chi connectivity index (χ0n) is 10.2. The molecule has 0 spiro atoms. The van der Waals surface area contributed by atoms with E-state index >= 15 is 0 Å². The SMILES string of the molecule is COc1ccc(C(C)Nc2nccnc2Cl)cc1. The highest BCUT2D eigenvalue weighted by atomic mass is 35.5. The maximum Gasteiger partial charge on any atom is 0.171 e. The predicted molar refractivity (Wildman–Crippen MR) is 72.1 cm³/mol. The van der Waals surface area contributed by atoms with Crippen LogP contribution in [0.4, 0.5) is 5.82 Å². The summed E-state index contributed by atoms with van der Waals surface area (Å²) in [5, 5.41) is 3.59. The predicted octanol–water partition coefficient (Wildman–Crippen LogP) is 3.31. The van der Waals surface area contributed by atoms with Gasteiger partial charge in [0.25, 0.3) is 0 Å². The Morgan fingerprint density at radius 1 is 1.17 bits per heavy atom. The van der Waals surface area contributed by atoms with Gasteiger partial charge in [-0.05, 0) is 24.6 Å². The van der Waals surface area contributed by atoms with Crippen molar-refractivity contribution in [3.05, 3.63) is 47.4 Å². The van der Waals surface area contributed by atoms with Gasteiger partial charge in [0.2, 0.25) is 0 Å². The van der Waals surface area contributed by atoms with Crippen LogP contribution in [0.5, 0.6) is 5.75 Å². The summed E-state index contributed by atoms with van der Waals surface area (Å²) in [6.07, 6.45) is 3.17. The van der Waals surface area contributed by atoms with Gasteiger partial charge in [-0.25, -0.2) is 9.97 Å². The van der Waals surface area contributed by atoms with Crippen LogP contribution >= 0.6 is 11.6 Å². The van der Waals surface area contributed by atoms with E-state index < -0.39 is 0 Å². The van der Waals surface area contributed by atoms with E-state index in [0.29, 0.717) is 11.0 Å². The maximum absolute atomic E-state index is 5.95. The summed E-state index contributed by atoms with van der Waals surface area (Å²) in [4.78, 5) is 8.12. The highest BCUT2D eigenvalue weighted by Gasteiger charge is 2.09. The summed E-state index contributed by atoms with van der Waals surface area (Å²) in [6.45, 7) is 2.03. The Balaban J connectivity index is 2.11. The molecule has 94 valence electrons. The van der Waals surface area contributed by atoms with Crippen LogP contribution in [0.2, 0.25) is 5.15 Å². The number of hydrogen-bond donors (Lipinski definition) is 1. The number of anilines is 1. The number of hydrogen-bond acceptors (Lipinski definition) is 4. The average molecular weight is 264 g/mol. The quantitative estimate of drug-likeness (QED) is 0.919. The van der Waals surface area contributed by atoms with Gasteiger partial charge in [0.05, 0.1) is 13.2 Å². The molecule has 4 nitrogen and oxygen atoms in total. The number of benzene rings is 1. The fraction of sp³-hybridized carbons (Fsp3) is 0.231. The Kier molecular flexibility index (Phi) is 3.99. The molecule has 1 heterocycles. The summed E-state index contributed by atoms with van der Waals surface area (Å²) in [7, 11) is 1.65. The summed E-state index contributed by atoms with van der Waals surface area (Å²) in [6, 6.07) is 7.93. The Labute approximate surface area is 111 Å². The lowest BCUT2D eigenvalue weighted by Crippen LogP contribution is -2.08. The molecule has 1 aromatic heterocycles. The molecule has 0 fully saturated rings. The van der Waals surface area contributed by atoms with E-state index in [-0.39, 0.29) is 6.04 Å². The van der Waals surface area contributed by atoms with Crippen molar-refractivity contribution in [3.8, 4) is 5.75 Å². The Hall–Kier alpha value is -1.81. The standard InChI is InChI=1S/C13H14ClN3O/c1-9(10-3-5-11(18-2)6-4-10)17-13-12(14)15-7-8-16-13/h3-9H,1-2H3,(H,16,17). The third-order valence-corrected chi connectivity index (χ3v) is 2.90. The molecule has 1 atom stereocenters. The molecular formula is C13H14ClN3O. The lowest BCUT2D eigenvalue weighted by Gasteiger charge is -2.15. The van der Waals surface area contributed by atoms with Crippen molar-refractivity contribution >= 4 is 17.4 Å². The highest BCUT2D eigenvalue weighted by Crippen LogP contribution is 2.23. The molecule has 1 aromatic carbocycles. The molecule has 0 saturated carbocycles. The minimum atomic E-state index is 0.0881. The van der Waals surface area contributed by atoms with Crippen LogP contribution in [0.15, 0.2) is 36.7 Å². The van der Waals surface area contributed by atoms with Gasteiger partial charge in [-0.3, -0.25) is 0 Å². The molecule has 0 saturated heterocycles. The number of halogens is 1. The van der Waals surface area contributed by atoms with E-state index in [4.69, 9.17) is 16.3 Å². The van der Waals surface area contributed by atoms with E-state index in [1.54, 1.807) is 19.5 Å². The van der Waals surface area contributed by atoms with Crippen molar-refractivity contribution in [1.82, 2.24) is 9.97 Å². The van der Waals surface area contributed by atoms with Gasteiger partial charge >= 0.3 is 0 Å². The van der Waals surface area contributed by atoms with Gasteiger partial charge in [0.15, 0.2) is 11.0 Å². The second kappa shape index (κ2) is 5.69. The van der Waals surface area contributed by atoms with Crippen LogP contribution in [0.1, 0.15) is 18.5 Å². The Morgan fingerprint density at radius 3 is 2.44 bits per heavy atom. The molecule has 0 aliphatic carbocycles. The number of aromatic nitrogens is 2. The normalized spacial score (nSPS) is 11.9. The molecule has 2 rings (SSSR count). The molecular weight excluding hydrogens is 250 g/mol. The zero-order valence-corrected chi connectivity index (χ0v) is 11.0. The second-order valence-corrected chi connectivity index (χ2v) is 4.19. The molecule has 0 radical (unpaired) electrons. The zero-order chi connectivity index (χ0) is 13.0. The van der Waals surface area contributed by atoms with Crippen LogP contribution in [-0.2, 0) is 0 Å². The summed E-state index contributed by atoms with van der Waals surface area (Å²) >= 11 is 5.95. The second-order valence-electron chi connectivity index (χ2n) is 3.83. The third-order valence-electron chi connectivity index (χ3n) is 2.62. The van der Waals surface area contributed by atoms with Gasteiger partial charge in [0.1, 0.15) is 5.75 Å². The van der Waals surface area contributed by atoms with E-state index in [2.05, 4.69) is 15.3 Å². The monoisotopic (exact) mass is 263 g/mol. The highest BCUT2D eigenvalue weighted by molar-refractivity contribution is 6.31. The minimum Gasteiger partial charge on any atom is -0.497 e. The van der Waals surface area contributed by atoms with Crippen LogP contribution < -0.4 is 10.1 Å². The van der Waals surface area contributed by atoms with E-state index in [9.17, 15) is 0 Å². The van der Waals surface area contributed by atoms with Gasteiger partial charge in [0, 0.05) is 12.4 Å². The first-order chi connectivity index (χ1) is 8.70. The number of nitrogens with one attached hydrogen (secondary N) is 1. The first-order valence-corrected chi connectivity index (χ1v) is 5.95. The van der Waals surface area contributed by atoms with Gasteiger partial charge in [-0.2, -0.15) is 0 Å². The minimum absolute atomic E-state index is 0.0881. The van der Waals surface area contributed by atoms with E-state index in [1.807, 2.05) is 31.2 Å². The van der Waals surface area contributed by atoms with E-state index in [0.717, 1.165) is 11.3 Å². The summed E-state index contributed by atoms with van der Waals surface area (Å²) < 4.78 is 5.12. The van der Waals surface area contributed by atoms with Crippen molar-refractivity contribution in [2.45, 2.75) is 13.0 Å². The van der Waals surface area contributed by atoms with Gasteiger partial charge in [-0.15, -0.1) is 0 Å². The number of nitrogens with zero attached hydrogens (tertiary/aromatic N) is 2. The first-order valence-electron chi connectivity index (χ1n) is 5.57. The largest absolute Gasteiger partial charge is 0.497 e. The molecule has 1 N–H and O–H groups in total.